The van der Waals surface area contributed by atoms with Crippen molar-refractivity contribution in [1.29, 1.82) is 0 Å². The number of nitrogens with one attached hydrogen (secondary N) is 1. The zero-order valence-corrected chi connectivity index (χ0v) is 20.0. The minimum atomic E-state index is -4.48. The first kappa shape index (κ1) is 26.3. The molecule has 0 radical (unpaired) electrons. The number of methoxy groups -OCH3 is 1. The molecule has 9 heteroatoms. The number of amides is 1. The number of carbonyl (C=O) groups is 1. The highest BCUT2D eigenvalue weighted by Crippen LogP contribution is 2.30. The molecule has 0 fully saturated rings. The molecule has 35 heavy (non-hydrogen) atoms. The maximum Gasteiger partial charge on any atom is 0.434 e. The largest absolute Gasteiger partial charge is 0.486 e. The molecule has 0 aliphatic rings. The number of imidazole rings is 1. The van der Waals surface area contributed by atoms with Crippen LogP contribution in [0.2, 0.25) is 0 Å². The lowest BCUT2D eigenvalue weighted by Crippen LogP contribution is -2.25. The molecule has 3 aromatic rings. The predicted octanol–water partition coefficient (Wildman–Crippen LogP) is 5.82. The molecule has 1 aromatic heterocycles. The number of nitrogens with zero attached hydrogens (tertiary/aromatic N) is 2. The molecule has 6 nitrogen and oxygen atoms in total. The van der Waals surface area contributed by atoms with E-state index in [2.05, 4.69) is 24.1 Å². The Labute approximate surface area is 203 Å². The number of hydrogen-bond donors (Lipinski definition) is 1. The smallest absolute Gasteiger partial charge is 0.434 e. The Bertz CT molecular complexity index is 1080. The van der Waals surface area contributed by atoms with Crippen LogP contribution in [-0.4, -0.2) is 35.7 Å². The molecule has 0 bridgehead atoms. The van der Waals surface area contributed by atoms with Crippen molar-refractivity contribution in [2.24, 2.45) is 5.92 Å². The van der Waals surface area contributed by atoms with Gasteiger partial charge in [-0.25, -0.2) is 4.98 Å². The Morgan fingerprint density at radius 3 is 2.34 bits per heavy atom. The van der Waals surface area contributed by atoms with Crippen LogP contribution in [0.4, 0.5) is 13.2 Å². The van der Waals surface area contributed by atoms with E-state index in [9.17, 15) is 18.0 Å². The number of halogens is 3. The van der Waals surface area contributed by atoms with Gasteiger partial charge in [-0.05, 0) is 60.7 Å². The van der Waals surface area contributed by atoms with Crippen LogP contribution in [0.15, 0.2) is 61.1 Å². The molecule has 2 aromatic carbocycles. The molecule has 0 aliphatic heterocycles. The van der Waals surface area contributed by atoms with Crippen molar-refractivity contribution in [3.63, 3.8) is 0 Å². The maximum absolute atomic E-state index is 12.8. The summed E-state index contributed by atoms with van der Waals surface area (Å²) in [6, 6.07) is 14.1. The molecule has 0 spiro atoms. The molecular formula is C26H30F3N3O3. The molecule has 1 heterocycles. The standard InChI is InChI=1S/C26H30F3N3O3/c1-18(2)15-23(35-22-11-7-20(8-12-22)25(33)30-13-4-14-34-3)19-5-9-21(10-6-19)32-16-24(31-17-32)26(27,28)29/h5-12,16-18,23H,4,13-15H2,1-3H3,(H,30,33). The van der Waals surface area contributed by atoms with E-state index in [1.165, 1.54) is 4.57 Å². The lowest BCUT2D eigenvalue weighted by Gasteiger charge is -2.22. The molecule has 0 aliphatic carbocycles. The van der Waals surface area contributed by atoms with Crippen LogP contribution < -0.4 is 10.1 Å². The molecule has 188 valence electrons. The molecule has 1 N–H and O–H groups in total. The van der Waals surface area contributed by atoms with E-state index in [1.54, 1.807) is 43.5 Å². The summed E-state index contributed by atoms with van der Waals surface area (Å²) in [5, 5.41) is 2.85. The molecule has 1 unspecified atom stereocenters. The summed E-state index contributed by atoms with van der Waals surface area (Å²) >= 11 is 0. The summed E-state index contributed by atoms with van der Waals surface area (Å²) in [6.45, 7) is 5.30. The summed E-state index contributed by atoms with van der Waals surface area (Å²) in [4.78, 5) is 15.7. The van der Waals surface area contributed by atoms with E-state index in [-0.39, 0.29) is 12.0 Å². The van der Waals surface area contributed by atoms with Gasteiger partial charge in [0.2, 0.25) is 0 Å². The van der Waals surface area contributed by atoms with Crippen LogP contribution in [0.1, 0.15) is 54.4 Å². The van der Waals surface area contributed by atoms with Crippen molar-refractivity contribution in [2.75, 3.05) is 20.3 Å². The van der Waals surface area contributed by atoms with E-state index in [1.807, 2.05) is 12.1 Å². The van der Waals surface area contributed by atoms with Crippen molar-refractivity contribution in [3.05, 3.63) is 77.9 Å². The van der Waals surface area contributed by atoms with Gasteiger partial charge in [-0.1, -0.05) is 26.0 Å². The number of aromatic nitrogens is 2. The van der Waals surface area contributed by atoms with Gasteiger partial charge < -0.3 is 19.4 Å². The zero-order valence-electron chi connectivity index (χ0n) is 20.0. The number of benzene rings is 2. The van der Waals surface area contributed by atoms with Crippen molar-refractivity contribution in [1.82, 2.24) is 14.9 Å². The van der Waals surface area contributed by atoms with Crippen LogP contribution in [0.5, 0.6) is 5.75 Å². The third-order valence-electron chi connectivity index (χ3n) is 5.33. The van der Waals surface area contributed by atoms with Gasteiger partial charge in [-0.15, -0.1) is 0 Å². The Kier molecular flexibility index (Phi) is 8.92. The van der Waals surface area contributed by atoms with Gasteiger partial charge in [0.05, 0.1) is 6.33 Å². The first-order valence-corrected chi connectivity index (χ1v) is 11.4. The van der Waals surface area contributed by atoms with Crippen LogP contribution in [-0.2, 0) is 10.9 Å². The van der Waals surface area contributed by atoms with E-state index in [4.69, 9.17) is 9.47 Å². The highest BCUT2D eigenvalue weighted by Gasteiger charge is 2.33. The SMILES string of the molecule is COCCCNC(=O)c1ccc(OC(CC(C)C)c2ccc(-n3cnc(C(F)(F)F)c3)cc2)cc1. The average Bonchev–Trinajstić information content (AvgIpc) is 3.33. The number of carbonyl (C=O) groups excluding carboxylic acids is 1. The van der Waals surface area contributed by atoms with Gasteiger partial charge in [0.15, 0.2) is 5.69 Å². The Morgan fingerprint density at radius 2 is 1.77 bits per heavy atom. The van der Waals surface area contributed by atoms with E-state index >= 15 is 0 Å². The van der Waals surface area contributed by atoms with Crippen LogP contribution >= 0.6 is 0 Å². The van der Waals surface area contributed by atoms with Crippen LogP contribution in [0.25, 0.3) is 5.69 Å². The average molecular weight is 490 g/mol. The minimum Gasteiger partial charge on any atom is -0.486 e. The summed E-state index contributed by atoms with van der Waals surface area (Å²) < 4.78 is 51.1. The minimum absolute atomic E-state index is 0.157. The van der Waals surface area contributed by atoms with E-state index in [0.29, 0.717) is 36.1 Å². The number of rotatable bonds is 11. The van der Waals surface area contributed by atoms with E-state index in [0.717, 1.165) is 30.9 Å². The van der Waals surface area contributed by atoms with Gasteiger partial charge in [-0.2, -0.15) is 13.2 Å². The van der Waals surface area contributed by atoms with E-state index < -0.39 is 11.9 Å². The van der Waals surface area contributed by atoms with Crippen molar-refractivity contribution >= 4 is 5.91 Å². The van der Waals surface area contributed by atoms with Gasteiger partial charge in [-0.3, -0.25) is 4.79 Å². The topological polar surface area (TPSA) is 65.4 Å². The number of ether oxygens (including phenoxy) is 2. The normalized spacial score (nSPS) is 12.5. The summed E-state index contributed by atoms with van der Waals surface area (Å²) in [5.74, 6) is 0.815. The highest BCUT2D eigenvalue weighted by atomic mass is 19.4. The summed E-state index contributed by atoms with van der Waals surface area (Å²) in [5.41, 5.74) is 1.08. The van der Waals surface area contributed by atoms with Gasteiger partial charge in [0.1, 0.15) is 11.9 Å². The lowest BCUT2D eigenvalue weighted by molar-refractivity contribution is -0.140. The maximum atomic E-state index is 12.8. The monoisotopic (exact) mass is 489 g/mol. The number of hydrogen-bond acceptors (Lipinski definition) is 4. The molecule has 1 amide bonds. The molecule has 3 rings (SSSR count). The second-order valence-corrected chi connectivity index (χ2v) is 8.62. The zero-order chi connectivity index (χ0) is 25.4. The van der Waals surface area contributed by atoms with Gasteiger partial charge >= 0.3 is 6.18 Å². The van der Waals surface area contributed by atoms with Crippen molar-refractivity contribution in [2.45, 2.75) is 39.0 Å². The van der Waals surface area contributed by atoms with Crippen molar-refractivity contribution < 1.29 is 27.4 Å². The highest BCUT2D eigenvalue weighted by molar-refractivity contribution is 5.94. The Hall–Kier alpha value is -3.33. The molecular weight excluding hydrogens is 459 g/mol. The Morgan fingerprint density at radius 1 is 1.09 bits per heavy atom. The van der Waals surface area contributed by atoms with Gasteiger partial charge in [0.25, 0.3) is 5.91 Å². The molecule has 0 saturated heterocycles. The Balaban J connectivity index is 1.69. The summed E-state index contributed by atoms with van der Waals surface area (Å²) in [6.07, 6.45) is -1.15. The molecule has 1 atom stereocenters. The number of alkyl halides is 3. The quantitative estimate of drug-likeness (QED) is 0.345. The fraction of sp³-hybridized carbons (Fsp3) is 0.385. The lowest BCUT2D eigenvalue weighted by atomic mass is 9.99. The van der Waals surface area contributed by atoms with Crippen molar-refractivity contribution in [3.8, 4) is 11.4 Å². The third-order valence-corrected chi connectivity index (χ3v) is 5.33. The predicted molar refractivity (Wildman–Crippen MR) is 127 cm³/mol. The van der Waals surface area contributed by atoms with Crippen LogP contribution in [0, 0.1) is 5.92 Å². The summed E-state index contributed by atoms with van der Waals surface area (Å²) in [7, 11) is 1.62. The first-order chi connectivity index (χ1) is 16.7. The first-order valence-electron chi connectivity index (χ1n) is 11.4. The van der Waals surface area contributed by atoms with Crippen LogP contribution in [0.3, 0.4) is 0 Å². The van der Waals surface area contributed by atoms with Gasteiger partial charge in [0, 0.05) is 37.7 Å². The molecule has 0 saturated carbocycles. The third kappa shape index (κ3) is 7.58. The second-order valence-electron chi connectivity index (χ2n) is 8.62. The fourth-order valence-electron chi connectivity index (χ4n) is 3.52. The fourth-order valence-corrected chi connectivity index (χ4v) is 3.52. The second kappa shape index (κ2) is 11.9.